The van der Waals surface area contributed by atoms with Crippen molar-refractivity contribution in [3.05, 3.63) is 74.8 Å². The van der Waals surface area contributed by atoms with Crippen LogP contribution < -0.4 is 15.0 Å². The van der Waals surface area contributed by atoms with E-state index in [1.54, 1.807) is 24.4 Å². The molecule has 3 rings (SSSR count). The normalized spacial score (nSPS) is 12.0. The summed E-state index contributed by atoms with van der Waals surface area (Å²) in [4.78, 5) is 18.0. The summed E-state index contributed by atoms with van der Waals surface area (Å²) in [5.41, 5.74) is 1.92. The second-order valence-electron chi connectivity index (χ2n) is 7.45. The van der Waals surface area contributed by atoms with Gasteiger partial charge in [-0.2, -0.15) is 15.0 Å². The second kappa shape index (κ2) is 10.9. The summed E-state index contributed by atoms with van der Waals surface area (Å²) < 4.78 is 13.2. The predicted molar refractivity (Wildman–Crippen MR) is 133 cm³/mol. The smallest absolute Gasteiger partial charge is 0.282 e. The van der Waals surface area contributed by atoms with Crippen molar-refractivity contribution in [1.82, 2.24) is 9.66 Å². The number of allylic oxidation sites excluding steroid dienone is 1. The van der Waals surface area contributed by atoms with Crippen LogP contribution in [0.25, 0.3) is 10.9 Å². The van der Waals surface area contributed by atoms with Crippen molar-refractivity contribution in [3.63, 3.8) is 0 Å². The predicted octanol–water partition coefficient (Wildman–Crippen LogP) is 5.19. The highest BCUT2D eigenvalue weighted by molar-refractivity contribution is 9.10. The van der Waals surface area contributed by atoms with Crippen LogP contribution in [0.4, 0.5) is 0 Å². The summed E-state index contributed by atoms with van der Waals surface area (Å²) >= 11 is 3.42. The Balaban J connectivity index is 2.16. The molecule has 3 aromatic rings. The van der Waals surface area contributed by atoms with Crippen LogP contribution in [-0.4, -0.2) is 29.6 Å². The highest BCUT2D eigenvalue weighted by Crippen LogP contribution is 2.33. The van der Waals surface area contributed by atoms with Gasteiger partial charge in [0.2, 0.25) is 0 Å². The molecule has 170 valence electrons. The van der Waals surface area contributed by atoms with Crippen LogP contribution in [0.2, 0.25) is 0 Å². The number of benzene rings is 2. The molecule has 0 aliphatic rings. The molecule has 0 aliphatic carbocycles. The minimum Gasteiger partial charge on any atom is -0.493 e. The molecule has 0 spiro atoms. The van der Waals surface area contributed by atoms with Gasteiger partial charge in [-0.3, -0.25) is 4.79 Å². The van der Waals surface area contributed by atoms with E-state index in [-0.39, 0.29) is 18.1 Å². The van der Waals surface area contributed by atoms with Gasteiger partial charge in [0.05, 0.1) is 24.2 Å². The van der Waals surface area contributed by atoms with Crippen LogP contribution in [-0.2, 0) is 6.42 Å². The molecular formula is C25H25BrN4O3. The molecule has 0 saturated heterocycles. The number of fused-ring (bicyclic) bond motifs is 1. The first kappa shape index (κ1) is 24.2. The van der Waals surface area contributed by atoms with Gasteiger partial charge in [-0.15, -0.1) is 6.58 Å². The molecule has 0 aliphatic heterocycles. The van der Waals surface area contributed by atoms with Crippen LogP contribution in [0.5, 0.6) is 11.5 Å². The monoisotopic (exact) mass is 508 g/mol. The number of hydrogen-bond acceptors (Lipinski definition) is 6. The first-order chi connectivity index (χ1) is 15.9. The highest BCUT2D eigenvalue weighted by atomic mass is 79.9. The van der Waals surface area contributed by atoms with Gasteiger partial charge in [0.1, 0.15) is 11.9 Å². The van der Waals surface area contributed by atoms with E-state index in [1.807, 2.05) is 38.1 Å². The van der Waals surface area contributed by atoms with Crippen molar-refractivity contribution in [2.75, 3.05) is 13.7 Å². The van der Waals surface area contributed by atoms with E-state index in [1.165, 1.54) is 11.8 Å². The van der Waals surface area contributed by atoms with Gasteiger partial charge >= 0.3 is 0 Å². The third-order valence-electron chi connectivity index (χ3n) is 5.23. The molecule has 0 bridgehead atoms. The lowest BCUT2D eigenvalue weighted by molar-refractivity contribution is 0.327. The van der Waals surface area contributed by atoms with Crippen molar-refractivity contribution in [2.24, 2.45) is 5.10 Å². The zero-order chi connectivity index (χ0) is 24.0. The van der Waals surface area contributed by atoms with Gasteiger partial charge in [0.25, 0.3) is 5.56 Å². The molecule has 8 heteroatoms. The summed E-state index contributed by atoms with van der Waals surface area (Å²) in [5, 5.41) is 13.9. The number of nitrogens with zero attached hydrogens (tertiary/aromatic N) is 4. The fourth-order valence-electron chi connectivity index (χ4n) is 3.39. The summed E-state index contributed by atoms with van der Waals surface area (Å²) in [6, 6.07) is 11.0. The average molecular weight is 509 g/mol. The number of ether oxygens (including phenoxy) is 2. The number of methoxy groups -OCH3 is 1. The molecule has 7 nitrogen and oxygen atoms in total. The third-order valence-corrected chi connectivity index (χ3v) is 5.72. The molecule has 1 atom stereocenters. The maximum Gasteiger partial charge on any atom is 0.282 e. The summed E-state index contributed by atoms with van der Waals surface area (Å²) in [6.45, 7) is 7.76. The maximum atomic E-state index is 13.3. The molecule has 0 saturated carbocycles. The SMILES string of the molecule is C=CCc1cc(C=Nn2c([C@@H](C)CC)nc3ccc(Br)cc3c2=O)cc(OC)c1OCC#N. The van der Waals surface area contributed by atoms with Crippen molar-refractivity contribution in [2.45, 2.75) is 32.6 Å². The number of hydrogen-bond donors (Lipinski definition) is 0. The van der Waals surface area contributed by atoms with Gasteiger partial charge in [0.15, 0.2) is 18.1 Å². The minimum atomic E-state index is -0.236. The topological polar surface area (TPSA) is 89.5 Å². The molecule has 0 unspecified atom stereocenters. The van der Waals surface area contributed by atoms with Gasteiger partial charge in [-0.05, 0) is 48.7 Å². The van der Waals surface area contributed by atoms with Crippen molar-refractivity contribution in [3.8, 4) is 17.6 Å². The molecule has 1 aromatic heterocycles. The highest BCUT2D eigenvalue weighted by Gasteiger charge is 2.16. The molecular weight excluding hydrogens is 484 g/mol. The molecule has 0 amide bonds. The standard InChI is InChI=1S/C25H25BrN4O3/c1-5-7-18-12-17(13-22(32-4)23(18)33-11-10-27)15-28-30-24(16(3)6-2)29-21-9-8-19(26)14-20(21)25(30)31/h5,8-9,12-16H,1,6-7,11H2,2-4H3/t16-/m0/s1. The Bertz CT molecular complexity index is 1310. The lowest BCUT2D eigenvalue weighted by Gasteiger charge is -2.15. The minimum absolute atomic E-state index is 0.0375. The maximum absolute atomic E-state index is 13.3. The summed E-state index contributed by atoms with van der Waals surface area (Å²) in [5.74, 6) is 1.60. The van der Waals surface area contributed by atoms with Crippen LogP contribution >= 0.6 is 15.9 Å². The van der Waals surface area contributed by atoms with E-state index < -0.39 is 0 Å². The molecule has 33 heavy (non-hydrogen) atoms. The summed E-state index contributed by atoms with van der Waals surface area (Å²) in [7, 11) is 1.53. The van der Waals surface area contributed by atoms with Crippen molar-refractivity contribution >= 4 is 33.0 Å². The van der Waals surface area contributed by atoms with E-state index in [0.717, 1.165) is 16.5 Å². The van der Waals surface area contributed by atoms with Gasteiger partial charge in [-0.25, -0.2) is 4.98 Å². The fourth-order valence-corrected chi connectivity index (χ4v) is 3.75. The molecule has 1 heterocycles. The lowest BCUT2D eigenvalue weighted by atomic mass is 10.1. The Morgan fingerprint density at radius 3 is 2.82 bits per heavy atom. The van der Waals surface area contributed by atoms with E-state index in [9.17, 15) is 4.79 Å². The van der Waals surface area contributed by atoms with Gasteiger partial charge in [-0.1, -0.05) is 35.9 Å². The fraction of sp³-hybridized carbons (Fsp3) is 0.280. The van der Waals surface area contributed by atoms with Crippen LogP contribution in [0.1, 0.15) is 43.1 Å². The average Bonchev–Trinajstić information content (AvgIpc) is 2.82. The number of rotatable bonds is 9. The van der Waals surface area contributed by atoms with Crippen LogP contribution in [0.15, 0.2) is 57.4 Å². The first-order valence-electron chi connectivity index (χ1n) is 10.5. The quantitative estimate of drug-likeness (QED) is 0.293. The number of nitriles is 1. The first-order valence-corrected chi connectivity index (χ1v) is 11.3. The molecule has 0 N–H and O–H groups in total. The zero-order valence-electron chi connectivity index (χ0n) is 18.8. The van der Waals surface area contributed by atoms with E-state index in [0.29, 0.717) is 40.2 Å². The van der Waals surface area contributed by atoms with Crippen molar-refractivity contribution < 1.29 is 9.47 Å². The zero-order valence-corrected chi connectivity index (χ0v) is 20.4. The largest absolute Gasteiger partial charge is 0.493 e. The van der Waals surface area contributed by atoms with Gasteiger partial charge < -0.3 is 9.47 Å². The molecule has 0 radical (unpaired) electrons. The lowest BCUT2D eigenvalue weighted by Crippen LogP contribution is -2.23. The van der Waals surface area contributed by atoms with E-state index >= 15 is 0 Å². The Morgan fingerprint density at radius 2 is 2.15 bits per heavy atom. The summed E-state index contributed by atoms with van der Waals surface area (Å²) in [6.07, 6.45) is 4.67. The number of aromatic nitrogens is 2. The molecule has 0 fully saturated rings. The second-order valence-corrected chi connectivity index (χ2v) is 8.37. The Kier molecular flexibility index (Phi) is 8.01. The van der Waals surface area contributed by atoms with Crippen molar-refractivity contribution in [1.29, 1.82) is 5.26 Å². The Labute approximate surface area is 201 Å². The van der Waals surface area contributed by atoms with Crippen LogP contribution in [0.3, 0.4) is 0 Å². The van der Waals surface area contributed by atoms with Crippen LogP contribution in [0, 0.1) is 11.3 Å². The van der Waals surface area contributed by atoms with E-state index in [2.05, 4.69) is 27.6 Å². The third kappa shape index (κ3) is 5.32. The Hall–Kier alpha value is -3.44. The van der Waals surface area contributed by atoms with E-state index in [4.69, 9.17) is 19.7 Å². The van der Waals surface area contributed by atoms with Gasteiger partial charge in [0, 0.05) is 16.0 Å². The molecule has 2 aromatic carbocycles. The Morgan fingerprint density at radius 1 is 1.36 bits per heavy atom. The number of halogens is 1.